The van der Waals surface area contributed by atoms with E-state index < -0.39 is 20.9 Å². The molecule has 0 bridgehead atoms. The lowest BCUT2D eigenvalue weighted by atomic mass is 10.1. The van der Waals surface area contributed by atoms with Gasteiger partial charge in [0, 0.05) is 11.6 Å². The van der Waals surface area contributed by atoms with Crippen LogP contribution in [0.3, 0.4) is 0 Å². The molecule has 0 radical (unpaired) electrons. The Bertz CT molecular complexity index is 972. The van der Waals surface area contributed by atoms with E-state index in [1.807, 2.05) is 0 Å². The van der Waals surface area contributed by atoms with Crippen molar-refractivity contribution >= 4 is 27.3 Å². The van der Waals surface area contributed by atoms with Gasteiger partial charge in [-0.15, -0.1) is 0 Å². The van der Waals surface area contributed by atoms with Crippen molar-refractivity contribution in [1.82, 2.24) is 4.72 Å². The number of nitrogens with zero attached hydrogens (tertiary/aromatic N) is 1. The van der Waals surface area contributed by atoms with Crippen molar-refractivity contribution in [2.45, 2.75) is 11.8 Å². The van der Waals surface area contributed by atoms with Gasteiger partial charge in [-0.05, 0) is 38.2 Å². The quantitative estimate of drug-likeness (QED) is 0.584. The summed E-state index contributed by atoms with van der Waals surface area (Å²) in [5, 5.41) is 13.6. The lowest BCUT2D eigenvalue weighted by Crippen LogP contribution is -2.20. The molecule has 9 nitrogen and oxygen atoms in total. The van der Waals surface area contributed by atoms with Gasteiger partial charge in [-0.3, -0.25) is 14.9 Å². The highest BCUT2D eigenvalue weighted by Gasteiger charge is 2.21. The molecular formula is C16H17N3O6S. The summed E-state index contributed by atoms with van der Waals surface area (Å²) in [7, 11) is -1.28. The highest BCUT2D eigenvalue weighted by Crippen LogP contribution is 2.27. The summed E-state index contributed by atoms with van der Waals surface area (Å²) in [6.07, 6.45) is 0. The van der Waals surface area contributed by atoms with Gasteiger partial charge in [0.25, 0.3) is 11.6 Å². The fraction of sp³-hybridized carbons (Fsp3) is 0.188. The number of nitro benzene ring substituents is 1. The van der Waals surface area contributed by atoms with Crippen LogP contribution in [0.15, 0.2) is 41.3 Å². The summed E-state index contributed by atoms with van der Waals surface area (Å²) in [5.41, 5.74) is 0.488. The number of nitro groups is 1. The third-order valence-electron chi connectivity index (χ3n) is 3.73. The number of nitrogens with one attached hydrogen (secondary N) is 2. The largest absolute Gasteiger partial charge is 0.495 e. The van der Waals surface area contributed by atoms with Crippen LogP contribution >= 0.6 is 0 Å². The van der Waals surface area contributed by atoms with E-state index in [0.717, 1.165) is 0 Å². The summed E-state index contributed by atoms with van der Waals surface area (Å²) in [6, 6.07) is 8.23. The van der Waals surface area contributed by atoms with E-state index in [0.29, 0.717) is 5.56 Å². The molecule has 0 atom stereocenters. The average Bonchev–Trinajstić information content (AvgIpc) is 2.62. The first-order valence-electron chi connectivity index (χ1n) is 7.38. The van der Waals surface area contributed by atoms with E-state index in [9.17, 15) is 23.3 Å². The van der Waals surface area contributed by atoms with Gasteiger partial charge in [0.1, 0.15) is 10.6 Å². The molecule has 138 valence electrons. The number of sulfonamides is 1. The summed E-state index contributed by atoms with van der Waals surface area (Å²) < 4.78 is 31.4. The lowest BCUT2D eigenvalue weighted by Gasteiger charge is -2.12. The molecule has 26 heavy (non-hydrogen) atoms. The molecule has 0 aromatic heterocycles. The van der Waals surface area contributed by atoms with E-state index in [4.69, 9.17) is 4.74 Å². The van der Waals surface area contributed by atoms with Crippen LogP contribution in [0.2, 0.25) is 0 Å². The fourth-order valence-corrected chi connectivity index (χ4v) is 3.21. The van der Waals surface area contributed by atoms with E-state index in [-0.39, 0.29) is 27.6 Å². The van der Waals surface area contributed by atoms with Crippen molar-refractivity contribution < 1.29 is 22.9 Å². The van der Waals surface area contributed by atoms with Gasteiger partial charge in [-0.25, -0.2) is 13.1 Å². The maximum absolute atomic E-state index is 12.5. The molecule has 2 N–H and O–H groups in total. The number of hydrogen-bond acceptors (Lipinski definition) is 6. The second-order valence-corrected chi connectivity index (χ2v) is 7.09. The van der Waals surface area contributed by atoms with Gasteiger partial charge < -0.3 is 10.1 Å². The van der Waals surface area contributed by atoms with Gasteiger partial charge >= 0.3 is 0 Å². The first-order chi connectivity index (χ1) is 12.2. The molecule has 0 fully saturated rings. The number of amides is 1. The minimum atomic E-state index is -3.84. The van der Waals surface area contributed by atoms with Crippen molar-refractivity contribution in [2.75, 3.05) is 19.5 Å². The van der Waals surface area contributed by atoms with Crippen LogP contribution in [0.1, 0.15) is 15.9 Å². The number of hydrogen-bond donors (Lipinski definition) is 2. The number of carbonyl (C=O) groups excluding carboxylic acids is 1. The van der Waals surface area contributed by atoms with Crippen molar-refractivity contribution in [3.8, 4) is 5.75 Å². The minimum Gasteiger partial charge on any atom is -0.495 e. The molecule has 0 saturated heterocycles. The Morgan fingerprint density at radius 1 is 1.23 bits per heavy atom. The third kappa shape index (κ3) is 3.81. The zero-order chi connectivity index (χ0) is 19.5. The van der Waals surface area contributed by atoms with Gasteiger partial charge in [-0.2, -0.15) is 0 Å². The van der Waals surface area contributed by atoms with E-state index in [1.165, 1.54) is 57.5 Å². The normalized spacial score (nSPS) is 11.0. The number of rotatable bonds is 6. The molecule has 0 heterocycles. The summed E-state index contributed by atoms with van der Waals surface area (Å²) in [4.78, 5) is 22.7. The highest BCUT2D eigenvalue weighted by molar-refractivity contribution is 7.89. The van der Waals surface area contributed by atoms with Gasteiger partial charge in [0.15, 0.2) is 0 Å². The Labute approximate surface area is 150 Å². The van der Waals surface area contributed by atoms with Crippen molar-refractivity contribution in [2.24, 2.45) is 0 Å². The van der Waals surface area contributed by atoms with Gasteiger partial charge in [0.2, 0.25) is 10.0 Å². The topological polar surface area (TPSA) is 128 Å². The van der Waals surface area contributed by atoms with E-state index >= 15 is 0 Å². The highest BCUT2D eigenvalue weighted by atomic mass is 32.2. The Hall–Kier alpha value is -2.98. The van der Waals surface area contributed by atoms with Crippen LogP contribution in [-0.2, 0) is 10.0 Å². The smallest absolute Gasteiger partial charge is 0.274 e. The zero-order valence-corrected chi connectivity index (χ0v) is 15.1. The average molecular weight is 379 g/mol. The molecule has 0 aliphatic heterocycles. The maximum Gasteiger partial charge on any atom is 0.274 e. The van der Waals surface area contributed by atoms with Gasteiger partial charge in [-0.1, -0.05) is 6.07 Å². The van der Waals surface area contributed by atoms with Crippen molar-refractivity contribution in [3.05, 3.63) is 57.6 Å². The first-order valence-corrected chi connectivity index (χ1v) is 8.86. The van der Waals surface area contributed by atoms with Crippen molar-refractivity contribution in [1.29, 1.82) is 0 Å². The Balaban J connectivity index is 2.41. The van der Waals surface area contributed by atoms with Gasteiger partial charge in [0.05, 0.1) is 23.3 Å². The summed E-state index contributed by atoms with van der Waals surface area (Å²) in [5.74, 6) is -0.522. The number of carbonyl (C=O) groups is 1. The molecule has 0 aliphatic rings. The molecule has 0 saturated carbocycles. The first kappa shape index (κ1) is 19.3. The predicted molar refractivity (Wildman–Crippen MR) is 95.0 cm³/mol. The number of ether oxygens (including phenoxy) is 1. The van der Waals surface area contributed by atoms with Crippen molar-refractivity contribution in [3.63, 3.8) is 0 Å². The Morgan fingerprint density at radius 2 is 1.92 bits per heavy atom. The molecule has 2 rings (SSSR count). The maximum atomic E-state index is 12.5. The van der Waals surface area contributed by atoms with Crippen LogP contribution < -0.4 is 14.8 Å². The Morgan fingerprint density at radius 3 is 2.50 bits per heavy atom. The van der Waals surface area contributed by atoms with Crippen LogP contribution in [0, 0.1) is 17.0 Å². The number of methoxy groups -OCH3 is 1. The molecule has 0 aliphatic carbocycles. The van der Waals surface area contributed by atoms with Crippen LogP contribution in [0.25, 0.3) is 0 Å². The Kier molecular flexibility index (Phi) is 5.58. The zero-order valence-electron chi connectivity index (χ0n) is 14.3. The predicted octanol–water partition coefficient (Wildman–Crippen LogP) is 2.07. The third-order valence-corrected chi connectivity index (χ3v) is 5.17. The molecule has 2 aromatic carbocycles. The standard InChI is InChI=1S/C16H17N3O6S/c1-10-12(5-4-6-13(10)19(21)22)18-16(20)11-7-8-14(25-3)15(9-11)26(23,24)17-2/h4-9,17H,1-3H3,(H,18,20). The fourth-order valence-electron chi connectivity index (χ4n) is 2.29. The molecule has 10 heteroatoms. The van der Waals surface area contributed by atoms with E-state index in [1.54, 1.807) is 0 Å². The SMILES string of the molecule is CNS(=O)(=O)c1cc(C(=O)Nc2cccc([N+](=O)[O-])c2C)ccc1OC. The summed E-state index contributed by atoms with van der Waals surface area (Å²) >= 11 is 0. The second kappa shape index (κ2) is 7.50. The van der Waals surface area contributed by atoms with Crippen LogP contribution in [0.4, 0.5) is 11.4 Å². The molecule has 1 amide bonds. The van der Waals surface area contributed by atoms with Crippen LogP contribution in [0.5, 0.6) is 5.75 Å². The lowest BCUT2D eigenvalue weighted by molar-refractivity contribution is -0.385. The van der Waals surface area contributed by atoms with E-state index in [2.05, 4.69) is 10.0 Å². The molecular weight excluding hydrogens is 362 g/mol. The minimum absolute atomic E-state index is 0.0607. The molecule has 0 spiro atoms. The molecule has 2 aromatic rings. The molecule has 0 unspecified atom stereocenters. The number of anilines is 1. The summed E-state index contributed by atoms with van der Waals surface area (Å²) in [6.45, 7) is 1.51. The monoisotopic (exact) mass is 379 g/mol. The van der Waals surface area contributed by atoms with Crippen LogP contribution in [-0.4, -0.2) is 33.4 Å². The number of benzene rings is 2. The second-order valence-electron chi connectivity index (χ2n) is 5.23.